The molecule has 10 rings (SSSR count). The third-order valence-corrected chi connectivity index (χ3v) is 10.1. The summed E-state index contributed by atoms with van der Waals surface area (Å²) in [6.07, 6.45) is 0. The highest BCUT2D eigenvalue weighted by molar-refractivity contribution is 6.22. The molecule has 0 aliphatic carbocycles. The summed E-state index contributed by atoms with van der Waals surface area (Å²) in [5, 5.41) is 4.23. The Bertz CT molecular complexity index is 2910. The molecule has 254 valence electrons. The minimum absolute atomic E-state index is 0.605. The molecule has 0 aliphatic rings. The fourth-order valence-electron chi connectivity index (χ4n) is 7.48. The van der Waals surface area contributed by atoms with Crippen LogP contribution in [0.4, 0.5) is 17.1 Å². The number of fused-ring (bicyclic) bond motifs is 5. The van der Waals surface area contributed by atoms with Crippen molar-refractivity contribution < 1.29 is 4.42 Å². The van der Waals surface area contributed by atoms with Crippen LogP contribution in [0.25, 0.3) is 77.7 Å². The molecule has 4 nitrogen and oxygen atoms in total. The molecule has 0 amide bonds. The smallest absolute Gasteiger partial charge is 0.227 e. The van der Waals surface area contributed by atoms with Crippen LogP contribution in [0.2, 0.25) is 0 Å². The molecule has 0 radical (unpaired) electrons. The maximum absolute atomic E-state index is 6.68. The van der Waals surface area contributed by atoms with Crippen LogP contribution >= 0.6 is 0 Å². The first-order chi connectivity index (χ1) is 26.8. The largest absolute Gasteiger partial charge is 0.435 e. The molecule has 0 bridgehead atoms. The van der Waals surface area contributed by atoms with Crippen LogP contribution in [-0.4, -0.2) is 9.97 Å². The molecule has 2 heterocycles. The Labute approximate surface area is 313 Å². The SMILES string of the molecule is c1ccc(-c2ccc(N(c3ccccc3)c3ccc4c(-c5cccc(-c6ccccc6)n5)cc5ccc6nc(-c7ccccc7)oc6c5c4c3)cc2)cc1. The van der Waals surface area contributed by atoms with Gasteiger partial charge in [0, 0.05) is 39.1 Å². The standard InChI is InChI=1S/C50H33N3O/c1-5-14-34(15-6-1)35-24-27-40(28-25-35)53(39-20-11-4-12-21-39)41-29-30-42-43(46-23-13-22-45(51-46)36-16-7-2-8-17-36)32-38-26-31-47-49(48(38)44(42)33-41)54-50(52-47)37-18-9-3-10-19-37/h1-33H. The second kappa shape index (κ2) is 13.4. The third-order valence-electron chi connectivity index (χ3n) is 10.1. The van der Waals surface area contributed by atoms with Crippen LogP contribution in [0.15, 0.2) is 205 Å². The summed E-state index contributed by atoms with van der Waals surface area (Å²) in [6, 6.07) is 69.8. The third kappa shape index (κ3) is 5.67. The number of hydrogen-bond donors (Lipinski definition) is 0. The second-order valence-electron chi connectivity index (χ2n) is 13.4. The molecule has 0 unspecified atom stereocenters. The average molecular weight is 692 g/mol. The van der Waals surface area contributed by atoms with Crippen LogP contribution in [0, 0.1) is 0 Å². The first-order valence-corrected chi connectivity index (χ1v) is 18.2. The predicted molar refractivity (Wildman–Crippen MR) is 223 cm³/mol. The van der Waals surface area contributed by atoms with Gasteiger partial charge >= 0.3 is 0 Å². The highest BCUT2D eigenvalue weighted by atomic mass is 16.3. The normalized spacial score (nSPS) is 11.3. The van der Waals surface area contributed by atoms with Crippen molar-refractivity contribution in [3.63, 3.8) is 0 Å². The second-order valence-corrected chi connectivity index (χ2v) is 13.4. The lowest BCUT2D eigenvalue weighted by molar-refractivity contribution is 0.623. The van der Waals surface area contributed by atoms with Crippen LogP contribution < -0.4 is 4.90 Å². The number of rotatable bonds is 7. The number of aromatic nitrogens is 2. The van der Waals surface area contributed by atoms with Crippen molar-refractivity contribution >= 4 is 49.7 Å². The predicted octanol–water partition coefficient (Wildman–Crippen LogP) is 13.7. The molecule has 0 saturated heterocycles. The van der Waals surface area contributed by atoms with Gasteiger partial charge in [0.2, 0.25) is 5.89 Å². The molecule has 0 saturated carbocycles. The van der Waals surface area contributed by atoms with E-state index >= 15 is 0 Å². The summed E-state index contributed by atoms with van der Waals surface area (Å²) < 4.78 is 6.68. The van der Waals surface area contributed by atoms with Crippen molar-refractivity contribution in [2.45, 2.75) is 0 Å². The fourth-order valence-corrected chi connectivity index (χ4v) is 7.48. The molecule has 0 atom stereocenters. The van der Waals surface area contributed by atoms with Crippen molar-refractivity contribution in [3.8, 4) is 45.1 Å². The number of pyridine rings is 1. The molecule has 54 heavy (non-hydrogen) atoms. The minimum Gasteiger partial charge on any atom is -0.435 e. The summed E-state index contributed by atoms with van der Waals surface area (Å²) >= 11 is 0. The van der Waals surface area contributed by atoms with E-state index in [4.69, 9.17) is 14.4 Å². The van der Waals surface area contributed by atoms with Crippen molar-refractivity contribution in [3.05, 3.63) is 200 Å². The molecule has 4 heteroatoms. The lowest BCUT2D eigenvalue weighted by Gasteiger charge is -2.26. The van der Waals surface area contributed by atoms with E-state index < -0.39 is 0 Å². The number of benzene rings is 8. The van der Waals surface area contributed by atoms with Crippen molar-refractivity contribution in [2.75, 3.05) is 4.90 Å². The molecule has 2 aromatic heterocycles. The Morgan fingerprint density at radius 2 is 0.981 bits per heavy atom. The van der Waals surface area contributed by atoms with E-state index in [9.17, 15) is 0 Å². The van der Waals surface area contributed by atoms with E-state index in [0.29, 0.717) is 5.89 Å². The van der Waals surface area contributed by atoms with E-state index in [1.807, 2.05) is 36.4 Å². The summed E-state index contributed by atoms with van der Waals surface area (Å²) in [5.74, 6) is 0.605. The van der Waals surface area contributed by atoms with Gasteiger partial charge in [0.05, 0.1) is 11.4 Å². The van der Waals surface area contributed by atoms with Crippen molar-refractivity contribution in [2.24, 2.45) is 0 Å². The maximum Gasteiger partial charge on any atom is 0.227 e. The Balaban J connectivity index is 1.21. The molecular weight excluding hydrogens is 659 g/mol. The van der Waals surface area contributed by atoms with Crippen molar-refractivity contribution in [1.29, 1.82) is 0 Å². The zero-order valence-corrected chi connectivity index (χ0v) is 29.3. The number of anilines is 3. The minimum atomic E-state index is 0.605. The molecular formula is C50H33N3O. The van der Waals surface area contributed by atoms with Gasteiger partial charge in [-0.1, -0.05) is 127 Å². The fraction of sp³-hybridized carbons (Fsp3) is 0. The Morgan fingerprint density at radius 1 is 0.389 bits per heavy atom. The van der Waals surface area contributed by atoms with E-state index in [1.165, 1.54) is 11.1 Å². The highest BCUT2D eigenvalue weighted by Gasteiger charge is 2.20. The van der Waals surface area contributed by atoms with Gasteiger partial charge in [0.1, 0.15) is 5.52 Å². The first-order valence-electron chi connectivity index (χ1n) is 18.2. The topological polar surface area (TPSA) is 42.2 Å². The molecule has 0 fully saturated rings. The zero-order valence-electron chi connectivity index (χ0n) is 29.3. The lowest BCUT2D eigenvalue weighted by atomic mass is 9.94. The summed E-state index contributed by atoms with van der Waals surface area (Å²) in [4.78, 5) is 12.5. The average Bonchev–Trinajstić information content (AvgIpc) is 3.70. The van der Waals surface area contributed by atoms with E-state index in [1.54, 1.807) is 0 Å². The molecule has 0 spiro atoms. The van der Waals surface area contributed by atoms with Gasteiger partial charge in [-0.2, -0.15) is 0 Å². The Hall–Kier alpha value is -7.30. The zero-order chi connectivity index (χ0) is 35.8. The molecule has 0 N–H and O–H groups in total. The van der Waals surface area contributed by atoms with Crippen molar-refractivity contribution in [1.82, 2.24) is 9.97 Å². The molecule has 0 aliphatic heterocycles. The number of oxazole rings is 1. The highest BCUT2D eigenvalue weighted by Crippen LogP contribution is 2.43. The summed E-state index contributed by atoms with van der Waals surface area (Å²) in [5.41, 5.74) is 12.1. The number of hydrogen-bond acceptors (Lipinski definition) is 4. The van der Waals surface area contributed by atoms with E-state index in [2.05, 4.69) is 169 Å². The maximum atomic E-state index is 6.68. The molecule has 10 aromatic rings. The van der Waals surface area contributed by atoms with Crippen LogP contribution in [0.5, 0.6) is 0 Å². The van der Waals surface area contributed by atoms with E-state index in [-0.39, 0.29) is 0 Å². The van der Waals surface area contributed by atoms with Gasteiger partial charge in [0.15, 0.2) is 5.58 Å². The summed E-state index contributed by atoms with van der Waals surface area (Å²) in [6.45, 7) is 0. The van der Waals surface area contributed by atoms with E-state index in [0.717, 1.165) is 77.8 Å². The van der Waals surface area contributed by atoms with Gasteiger partial charge in [-0.3, -0.25) is 0 Å². The van der Waals surface area contributed by atoms with Gasteiger partial charge in [-0.05, 0) is 100 Å². The van der Waals surface area contributed by atoms with Gasteiger partial charge in [0.25, 0.3) is 0 Å². The lowest BCUT2D eigenvalue weighted by Crippen LogP contribution is -2.09. The van der Waals surface area contributed by atoms with Crippen LogP contribution in [0.3, 0.4) is 0 Å². The van der Waals surface area contributed by atoms with Gasteiger partial charge in [-0.15, -0.1) is 0 Å². The quantitative estimate of drug-likeness (QED) is 0.156. The monoisotopic (exact) mass is 691 g/mol. The van der Waals surface area contributed by atoms with Gasteiger partial charge < -0.3 is 9.32 Å². The molecule has 8 aromatic carbocycles. The number of para-hydroxylation sites is 1. The Kier molecular flexibility index (Phi) is 7.77. The first kappa shape index (κ1) is 31.4. The van der Waals surface area contributed by atoms with Crippen LogP contribution in [-0.2, 0) is 0 Å². The Morgan fingerprint density at radius 3 is 1.70 bits per heavy atom. The van der Waals surface area contributed by atoms with Crippen LogP contribution in [0.1, 0.15) is 0 Å². The van der Waals surface area contributed by atoms with Gasteiger partial charge in [-0.25, -0.2) is 9.97 Å². The number of nitrogens with zero attached hydrogens (tertiary/aromatic N) is 3. The summed E-state index contributed by atoms with van der Waals surface area (Å²) in [7, 11) is 0.